The summed E-state index contributed by atoms with van der Waals surface area (Å²) in [5.74, 6) is 0. The molecule has 7 heteroatoms. The number of carbonyl (C=O) groups is 1. The molecule has 1 aliphatic rings. The number of H-pyrrole nitrogens is 1. The van der Waals surface area contributed by atoms with Crippen molar-refractivity contribution in [2.75, 3.05) is 11.9 Å². The first-order chi connectivity index (χ1) is 10.3. The molecule has 2 amide bonds. The Morgan fingerprint density at radius 1 is 1.38 bits per heavy atom. The Balaban J connectivity index is 1.57. The van der Waals surface area contributed by atoms with Crippen LogP contribution in [0.15, 0.2) is 29.8 Å². The van der Waals surface area contributed by atoms with Gasteiger partial charge in [0.1, 0.15) is 5.51 Å². The first kappa shape index (κ1) is 12.3. The van der Waals surface area contributed by atoms with Crippen LogP contribution in [0.1, 0.15) is 11.3 Å². The van der Waals surface area contributed by atoms with Crippen LogP contribution in [0.3, 0.4) is 0 Å². The Labute approximate surface area is 124 Å². The highest BCUT2D eigenvalue weighted by Gasteiger charge is 2.24. The molecule has 21 heavy (non-hydrogen) atoms. The fraction of sp³-hybridized carbons (Fsp3) is 0.214. The second kappa shape index (κ2) is 4.85. The van der Waals surface area contributed by atoms with Gasteiger partial charge in [0.15, 0.2) is 0 Å². The van der Waals surface area contributed by atoms with Gasteiger partial charge in [-0.25, -0.2) is 4.79 Å². The number of urea groups is 1. The average molecular weight is 299 g/mol. The number of carbonyl (C=O) groups excluding carboxylic acids is 1. The Morgan fingerprint density at radius 3 is 3.14 bits per heavy atom. The maximum absolute atomic E-state index is 12.2. The van der Waals surface area contributed by atoms with Crippen LogP contribution >= 0.6 is 11.3 Å². The van der Waals surface area contributed by atoms with Crippen LogP contribution in [0.2, 0.25) is 0 Å². The van der Waals surface area contributed by atoms with Gasteiger partial charge in [-0.2, -0.15) is 0 Å². The van der Waals surface area contributed by atoms with Crippen molar-refractivity contribution in [2.45, 2.75) is 13.0 Å². The molecule has 3 aromatic rings. The Bertz CT molecular complexity index is 795. The number of hydrogen-bond acceptors (Lipinski definition) is 4. The number of para-hydroxylation sites is 1. The van der Waals surface area contributed by atoms with Gasteiger partial charge in [-0.05, 0) is 18.1 Å². The highest BCUT2D eigenvalue weighted by molar-refractivity contribution is 7.13. The molecule has 0 fully saturated rings. The van der Waals surface area contributed by atoms with Crippen LogP contribution in [0.5, 0.6) is 0 Å². The van der Waals surface area contributed by atoms with E-state index in [-0.39, 0.29) is 6.03 Å². The van der Waals surface area contributed by atoms with Gasteiger partial charge in [0.05, 0.1) is 6.54 Å². The third kappa shape index (κ3) is 2.15. The molecule has 6 nitrogen and oxygen atoms in total. The van der Waals surface area contributed by atoms with Crippen LogP contribution in [-0.4, -0.2) is 32.7 Å². The molecule has 0 aliphatic carbocycles. The van der Waals surface area contributed by atoms with E-state index < -0.39 is 0 Å². The van der Waals surface area contributed by atoms with E-state index in [1.807, 2.05) is 12.1 Å². The Morgan fingerprint density at radius 2 is 2.29 bits per heavy atom. The van der Waals surface area contributed by atoms with Crippen LogP contribution in [-0.2, 0) is 13.0 Å². The fourth-order valence-electron chi connectivity index (χ4n) is 2.76. The van der Waals surface area contributed by atoms with E-state index in [9.17, 15) is 4.79 Å². The number of nitrogens with one attached hydrogen (secondary N) is 2. The van der Waals surface area contributed by atoms with Gasteiger partial charge in [-0.15, -0.1) is 10.2 Å². The molecule has 0 bridgehead atoms. The number of amides is 2. The van der Waals surface area contributed by atoms with Crippen LogP contribution in [0.4, 0.5) is 9.93 Å². The topological polar surface area (TPSA) is 73.9 Å². The molecule has 3 heterocycles. The molecule has 0 saturated carbocycles. The van der Waals surface area contributed by atoms with E-state index in [0.29, 0.717) is 18.2 Å². The molecule has 1 aromatic carbocycles. The third-order valence-electron chi connectivity index (χ3n) is 3.74. The summed E-state index contributed by atoms with van der Waals surface area (Å²) >= 11 is 1.32. The van der Waals surface area contributed by atoms with Gasteiger partial charge in [0.2, 0.25) is 5.13 Å². The standard InChI is InChI=1S/C14H13N5OS/c20-14(17-13-18-15-8-21-13)19-6-5-10-9-3-1-2-4-11(9)16-12(10)7-19/h1-4,8,16H,5-7H2,(H,17,18,20). The minimum Gasteiger partial charge on any atom is -0.357 e. The van der Waals surface area contributed by atoms with Crippen molar-refractivity contribution in [2.24, 2.45) is 0 Å². The van der Waals surface area contributed by atoms with Crippen molar-refractivity contribution < 1.29 is 4.79 Å². The largest absolute Gasteiger partial charge is 0.357 e. The van der Waals surface area contributed by atoms with Gasteiger partial charge in [0, 0.05) is 23.1 Å². The first-order valence-corrected chi connectivity index (χ1v) is 7.60. The van der Waals surface area contributed by atoms with Gasteiger partial charge < -0.3 is 9.88 Å². The molecule has 0 saturated heterocycles. The van der Waals surface area contributed by atoms with Crippen LogP contribution in [0.25, 0.3) is 10.9 Å². The minimum atomic E-state index is -0.129. The van der Waals surface area contributed by atoms with Gasteiger partial charge in [-0.3, -0.25) is 5.32 Å². The number of fused-ring (bicyclic) bond motifs is 3. The smallest absolute Gasteiger partial charge is 0.324 e. The van der Waals surface area contributed by atoms with Gasteiger partial charge in [-0.1, -0.05) is 29.5 Å². The highest BCUT2D eigenvalue weighted by atomic mass is 32.1. The van der Waals surface area contributed by atoms with Crippen molar-refractivity contribution in [3.05, 3.63) is 41.0 Å². The second-order valence-corrected chi connectivity index (χ2v) is 5.81. The summed E-state index contributed by atoms with van der Waals surface area (Å²) in [7, 11) is 0. The highest BCUT2D eigenvalue weighted by Crippen LogP contribution is 2.27. The predicted octanol–water partition coefficient (Wildman–Crippen LogP) is 2.61. The van der Waals surface area contributed by atoms with Crippen LogP contribution < -0.4 is 5.32 Å². The SMILES string of the molecule is O=C(Nc1nncs1)N1CCc2c([nH]c3ccccc23)C1. The normalized spacial score (nSPS) is 14.2. The first-order valence-electron chi connectivity index (χ1n) is 6.72. The van der Waals surface area contributed by atoms with E-state index in [4.69, 9.17) is 0 Å². The van der Waals surface area contributed by atoms with Crippen molar-refractivity contribution >= 4 is 33.4 Å². The quantitative estimate of drug-likeness (QED) is 0.725. The number of benzene rings is 1. The molecule has 2 aromatic heterocycles. The maximum Gasteiger partial charge on any atom is 0.324 e. The summed E-state index contributed by atoms with van der Waals surface area (Å²) in [6.07, 6.45) is 0.864. The summed E-state index contributed by atoms with van der Waals surface area (Å²) in [4.78, 5) is 17.4. The zero-order valence-electron chi connectivity index (χ0n) is 11.2. The summed E-state index contributed by atoms with van der Waals surface area (Å²) in [6, 6.07) is 8.13. The van der Waals surface area contributed by atoms with E-state index >= 15 is 0 Å². The van der Waals surface area contributed by atoms with Gasteiger partial charge in [0.25, 0.3) is 0 Å². The van der Waals surface area contributed by atoms with Crippen molar-refractivity contribution in [3.63, 3.8) is 0 Å². The molecule has 0 radical (unpaired) electrons. The lowest BCUT2D eigenvalue weighted by Crippen LogP contribution is -2.38. The number of hydrogen-bond donors (Lipinski definition) is 2. The van der Waals surface area contributed by atoms with Crippen LogP contribution in [0, 0.1) is 0 Å². The summed E-state index contributed by atoms with van der Waals surface area (Å²) < 4.78 is 0. The average Bonchev–Trinajstić information content (AvgIpc) is 3.13. The fourth-order valence-corrected chi connectivity index (χ4v) is 3.20. The number of aromatic nitrogens is 3. The van der Waals surface area contributed by atoms with Crippen molar-refractivity contribution in [3.8, 4) is 0 Å². The monoisotopic (exact) mass is 299 g/mol. The molecule has 0 unspecified atom stereocenters. The minimum absolute atomic E-state index is 0.129. The zero-order chi connectivity index (χ0) is 14.2. The van der Waals surface area contributed by atoms with E-state index in [1.54, 1.807) is 10.4 Å². The number of nitrogens with zero attached hydrogens (tertiary/aromatic N) is 3. The summed E-state index contributed by atoms with van der Waals surface area (Å²) in [5.41, 5.74) is 5.18. The van der Waals surface area contributed by atoms with E-state index in [2.05, 4.69) is 32.6 Å². The molecule has 1 aliphatic heterocycles. The third-order valence-corrected chi connectivity index (χ3v) is 4.35. The lowest BCUT2D eigenvalue weighted by Gasteiger charge is -2.26. The summed E-state index contributed by atoms with van der Waals surface area (Å²) in [5, 5.41) is 12.1. The lowest BCUT2D eigenvalue weighted by molar-refractivity contribution is 0.206. The molecule has 0 spiro atoms. The maximum atomic E-state index is 12.2. The molecule has 0 atom stereocenters. The summed E-state index contributed by atoms with van der Waals surface area (Å²) in [6.45, 7) is 1.30. The Kier molecular flexibility index (Phi) is 2.85. The van der Waals surface area contributed by atoms with Crippen molar-refractivity contribution in [1.29, 1.82) is 0 Å². The molecule has 2 N–H and O–H groups in total. The molecular formula is C14H13N5OS. The second-order valence-electron chi connectivity index (χ2n) is 4.97. The zero-order valence-corrected chi connectivity index (χ0v) is 12.0. The van der Waals surface area contributed by atoms with Crippen molar-refractivity contribution in [1.82, 2.24) is 20.1 Å². The Hall–Kier alpha value is -2.41. The van der Waals surface area contributed by atoms with E-state index in [0.717, 1.165) is 17.6 Å². The molecular weight excluding hydrogens is 286 g/mol. The predicted molar refractivity (Wildman–Crippen MR) is 81.3 cm³/mol. The molecule has 106 valence electrons. The van der Waals surface area contributed by atoms with Gasteiger partial charge >= 0.3 is 6.03 Å². The number of rotatable bonds is 1. The molecule has 4 rings (SSSR count). The number of anilines is 1. The lowest BCUT2D eigenvalue weighted by atomic mass is 10.0. The van der Waals surface area contributed by atoms with E-state index in [1.165, 1.54) is 22.3 Å². The number of aromatic amines is 1.